The van der Waals surface area contributed by atoms with E-state index in [9.17, 15) is 4.79 Å². The van der Waals surface area contributed by atoms with Crippen molar-refractivity contribution in [1.82, 2.24) is 24.3 Å². The first-order valence-electron chi connectivity index (χ1n) is 8.01. The molecule has 122 valence electrons. The molecule has 2 aliphatic rings. The summed E-state index contributed by atoms with van der Waals surface area (Å²) in [6.07, 6.45) is 7.73. The van der Waals surface area contributed by atoms with Gasteiger partial charge in [-0.3, -0.25) is 14.7 Å². The van der Waals surface area contributed by atoms with Crippen LogP contribution in [0.15, 0.2) is 24.2 Å². The summed E-state index contributed by atoms with van der Waals surface area (Å²) in [7, 11) is 2.02. The molecule has 2 aliphatic heterocycles. The van der Waals surface area contributed by atoms with Gasteiger partial charge in [-0.1, -0.05) is 0 Å². The van der Waals surface area contributed by atoms with Gasteiger partial charge in [-0.25, -0.2) is 4.98 Å². The van der Waals surface area contributed by atoms with Gasteiger partial charge >= 0.3 is 0 Å². The SMILES string of the molecule is Cn1cncc1CN1CCCC2(C1)CN(Cc1cncs1)C2=O. The van der Waals surface area contributed by atoms with E-state index in [2.05, 4.69) is 19.4 Å². The van der Waals surface area contributed by atoms with Gasteiger partial charge in [-0.05, 0) is 19.4 Å². The van der Waals surface area contributed by atoms with Crippen molar-refractivity contribution in [2.24, 2.45) is 12.5 Å². The molecule has 1 unspecified atom stereocenters. The van der Waals surface area contributed by atoms with E-state index in [1.807, 2.05) is 36.2 Å². The Bertz CT molecular complexity index is 697. The standard InChI is InChI=1S/C16H21N5OS/c1-19-11-17-5-13(19)7-20-4-2-3-16(9-20)10-21(15(16)22)8-14-6-18-12-23-14/h5-6,11-12H,2-4,7-10H2,1H3. The summed E-state index contributed by atoms with van der Waals surface area (Å²) in [6, 6.07) is 0. The fraction of sp³-hybridized carbons (Fsp3) is 0.562. The molecule has 0 N–H and O–H groups in total. The highest BCUT2D eigenvalue weighted by atomic mass is 32.1. The van der Waals surface area contributed by atoms with Crippen molar-refractivity contribution in [2.75, 3.05) is 19.6 Å². The van der Waals surface area contributed by atoms with Gasteiger partial charge in [0.05, 0.1) is 29.5 Å². The third kappa shape index (κ3) is 2.68. The Morgan fingerprint density at radius 3 is 2.87 bits per heavy atom. The Morgan fingerprint density at radius 2 is 2.17 bits per heavy atom. The lowest BCUT2D eigenvalue weighted by atomic mass is 9.72. The van der Waals surface area contributed by atoms with Crippen molar-refractivity contribution < 1.29 is 4.79 Å². The second kappa shape index (κ2) is 5.72. The van der Waals surface area contributed by atoms with Crippen LogP contribution in [0.25, 0.3) is 0 Å². The molecular weight excluding hydrogens is 310 g/mol. The van der Waals surface area contributed by atoms with Crippen molar-refractivity contribution in [3.63, 3.8) is 0 Å². The molecule has 2 saturated heterocycles. The van der Waals surface area contributed by atoms with Gasteiger partial charge in [0.1, 0.15) is 0 Å². The number of piperidine rings is 1. The molecule has 7 heteroatoms. The number of β-lactam (4-membered cyclic amide) rings is 1. The number of aryl methyl sites for hydroxylation is 1. The minimum Gasteiger partial charge on any atom is -0.337 e. The van der Waals surface area contributed by atoms with E-state index in [0.29, 0.717) is 12.5 Å². The molecule has 1 atom stereocenters. The molecule has 0 aliphatic carbocycles. The number of likely N-dealkylation sites (tertiary alicyclic amines) is 2. The predicted molar refractivity (Wildman–Crippen MR) is 87.7 cm³/mol. The zero-order valence-corrected chi connectivity index (χ0v) is 14.1. The molecule has 0 saturated carbocycles. The predicted octanol–water partition coefficient (Wildman–Crippen LogP) is 1.50. The van der Waals surface area contributed by atoms with Gasteiger partial charge in [0.2, 0.25) is 5.91 Å². The number of aromatic nitrogens is 3. The lowest BCUT2D eigenvalue weighted by Crippen LogP contribution is -2.66. The fourth-order valence-corrected chi connectivity index (χ4v) is 4.43. The zero-order chi connectivity index (χ0) is 15.9. The van der Waals surface area contributed by atoms with E-state index in [1.54, 1.807) is 11.3 Å². The number of hydrogen-bond acceptors (Lipinski definition) is 5. The van der Waals surface area contributed by atoms with E-state index in [1.165, 1.54) is 5.69 Å². The van der Waals surface area contributed by atoms with Gasteiger partial charge in [0.15, 0.2) is 0 Å². The van der Waals surface area contributed by atoms with E-state index in [4.69, 9.17) is 0 Å². The van der Waals surface area contributed by atoms with Gasteiger partial charge in [0.25, 0.3) is 0 Å². The monoisotopic (exact) mass is 331 g/mol. The molecule has 0 bridgehead atoms. The van der Waals surface area contributed by atoms with Gasteiger partial charge in [-0.2, -0.15) is 0 Å². The zero-order valence-electron chi connectivity index (χ0n) is 13.3. The summed E-state index contributed by atoms with van der Waals surface area (Å²) in [5.41, 5.74) is 2.88. The summed E-state index contributed by atoms with van der Waals surface area (Å²) >= 11 is 1.62. The van der Waals surface area contributed by atoms with Gasteiger partial charge in [-0.15, -0.1) is 11.3 Å². The average Bonchev–Trinajstić information content (AvgIpc) is 3.20. The average molecular weight is 331 g/mol. The lowest BCUT2D eigenvalue weighted by molar-refractivity contribution is -0.167. The molecule has 4 rings (SSSR count). The maximum Gasteiger partial charge on any atom is 0.232 e. The number of imidazole rings is 1. The number of carbonyl (C=O) groups excluding carboxylic acids is 1. The molecule has 0 radical (unpaired) electrons. The van der Waals surface area contributed by atoms with Crippen LogP contribution in [0.1, 0.15) is 23.4 Å². The van der Waals surface area contributed by atoms with Crippen molar-refractivity contribution in [2.45, 2.75) is 25.9 Å². The number of thiazole rings is 1. The highest BCUT2D eigenvalue weighted by molar-refractivity contribution is 7.09. The van der Waals surface area contributed by atoms with Crippen LogP contribution in [0.3, 0.4) is 0 Å². The third-order valence-corrected chi connectivity index (χ3v) is 5.79. The van der Waals surface area contributed by atoms with Crippen molar-refractivity contribution >= 4 is 17.2 Å². The van der Waals surface area contributed by atoms with Crippen LogP contribution in [-0.4, -0.2) is 49.9 Å². The first-order chi connectivity index (χ1) is 11.2. The largest absolute Gasteiger partial charge is 0.337 e. The molecular formula is C16H21N5OS. The molecule has 2 aromatic heterocycles. The van der Waals surface area contributed by atoms with E-state index in [0.717, 1.165) is 43.9 Å². The Morgan fingerprint density at radius 1 is 1.26 bits per heavy atom. The molecule has 4 heterocycles. The Hall–Kier alpha value is -1.73. The summed E-state index contributed by atoms with van der Waals surface area (Å²) in [5, 5.41) is 0. The van der Waals surface area contributed by atoms with Crippen molar-refractivity contribution in [3.05, 3.63) is 34.8 Å². The normalized spacial score (nSPS) is 25.1. The molecule has 2 fully saturated rings. The quantitative estimate of drug-likeness (QED) is 0.797. The molecule has 2 aromatic rings. The molecule has 1 spiro atoms. The minimum atomic E-state index is -0.151. The summed E-state index contributed by atoms with van der Waals surface area (Å²) < 4.78 is 2.06. The van der Waals surface area contributed by atoms with Crippen molar-refractivity contribution in [1.29, 1.82) is 0 Å². The van der Waals surface area contributed by atoms with Crippen LogP contribution >= 0.6 is 11.3 Å². The minimum absolute atomic E-state index is 0.151. The second-order valence-corrected chi connectivity index (χ2v) is 7.69. The lowest BCUT2D eigenvalue weighted by Gasteiger charge is -2.53. The first-order valence-corrected chi connectivity index (χ1v) is 8.89. The fourth-order valence-electron chi connectivity index (χ4n) is 3.82. The van der Waals surface area contributed by atoms with E-state index >= 15 is 0 Å². The highest BCUT2D eigenvalue weighted by Crippen LogP contribution is 2.41. The van der Waals surface area contributed by atoms with Gasteiger partial charge < -0.3 is 9.47 Å². The molecule has 23 heavy (non-hydrogen) atoms. The summed E-state index contributed by atoms with van der Waals surface area (Å²) in [4.78, 5) is 26.6. The smallest absolute Gasteiger partial charge is 0.232 e. The van der Waals surface area contributed by atoms with Crippen molar-refractivity contribution in [3.8, 4) is 0 Å². The third-order valence-electron chi connectivity index (χ3n) is 5.02. The number of carbonyl (C=O) groups is 1. The molecule has 0 aromatic carbocycles. The number of hydrogen-bond donors (Lipinski definition) is 0. The summed E-state index contributed by atoms with van der Waals surface area (Å²) in [6.45, 7) is 4.41. The maximum absolute atomic E-state index is 12.7. The Balaban J connectivity index is 1.39. The summed E-state index contributed by atoms with van der Waals surface area (Å²) in [5.74, 6) is 0.320. The van der Waals surface area contributed by atoms with Crippen LogP contribution in [0.5, 0.6) is 0 Å². The van der Waals surface area contributed by atoms with Crippen LogP contribution in [0, 0.1) is 5.41 Å². The number of amides is 1. The molecule has 1 amide bonds. The van der Waals surface area contributed by atoms with Crippen LogP contribution in [0.4, 0.5) is 0 Å². The van der Waals surface area contributed by atoms with Crippen LogP contribution in [0.2, 0.25) is 0 Å². The Labute approximate surface area is 139 Å². The molecule has 6 nitrogen and oxygen atoms in total. The maximum atomic E-state index is 12.7. The van der Waals surface area contributed by atoms with E-state index < -0.39 is 0 Å². The number of rotatable bonds is 4. The van der Waals surface area contributed by atoms with Gasteiger partial charge in [0, 0.05) is 44.0 Å². The topological polar surface area (TPSA) is 54.3 Å². The van der Waals surface area contributed by atoms with E-state index in [-0.39, 0.29) is 5.41 Å². The Kier molecular flexibility index (Phi) is 3.69. The number of nitrogens with zero attached hydrogens (tertiary/aromatic N) is 5. The van der Waals surface area contributed by atoms with Crippen LogP contribution < -0.4 is 0 Å². The first kappa shape index (κ1) is 14.8. The van der Waals surface area contributed by atoms with Crippen LogP contribution in [-0.2, 0) is 24.9 Å². The highest BCUT2D eigenvalue weighted by Gasteiger charge is 2.53. The second-order valence-electron chi connectivity index (χ2n) is 6.72.